The quantitative estimate of drug-likeness (QED) is 0.0725. The number of hydrogen-bond donors (Lipinski definition) is 4. The molecule has 0 atom stereocenters. The molecule has 0 aliphatic rings. The van der Waals surface area contributed by atoms with Crippen LogP contribution in [0.5, 0.6) is 34.5 Å². The first-order valence-corrected chi connectivity index (χ1v) is 13.1. The van der Waals surface area contributed by atoms with Gasteiger partial charge in [-0.1, -0.05) is 92.8 Å². The normalized spacial score (nSPS) is 11.1. The van der Waals surface area contributed by atoms with E-state index in [2.05, 4.69) is 0 Å². The number of anilines is 2. The largest absolute Gasteiger partial charge is 0.506 e. The molecule has 38 heavy (non-hydrogen) atoms. The molecule has 0 aliphatic heterocycles. The number of nitrogen functional groups attached to an aromatic ring is 2. The van der Waals surface area contributed by atoms with Crippen molar-refractivity contribution in [2.45, 2.75) is 0 Å². The van der Waals surface area contributed by atoms with Crippen molar-refractivity contribution in [3.05, 3.63) is 76.6 Å². The first kappa shape index (κ1) is 29.0. The van der Waals surface area contributed by atoms with Crippen LogP contribution in [0.1, 0.15) is 0 Å². The lowest BCUT2D eigenvalue weighted by molar-refractivity contribution is 0.467. The zero-order chi connectivity index (χ0) is 28.0. The molecule has 0 saturated carbocycles. The summed E-state index contributed by atoms with van der Waals surface area (Å²) in [5.41, 5.74) is 11.6. The van der Waals surface area contributed by atoms with Crippen LogP contribution in [0.25, 0.3) is 11.1 Å². The predicted molar refractivity (Wildman–Crippen MR) is 157 cm³/mol. The molecular weight excluding hydrogens is 664 g/mol. The van der Waals surface area contributed by atoms with Crippen LogP contribution in [-0.2, 0) is 0 Å². The van der Waals surface area contributed by atoms with Gasteiger partial charge in [0.05, 0.1) is 41.5 Å². The van der Waals surface area contributed by atoms with Gasteiger partial charge in [0.1, 0.15) is 33.0 Å². The van der Waals surface area contributed by atoms with E-state index in [0.717, 1.165) is 0 Å². The topological polar surface area (TPSA) is 111 Å². The Labute approximate surface area is 256 Å². The van der Waals surface area contributed by atoms with Crippen molar-refractivity contribution in [3.63, 3.8) is 0 Å². The van der Waals surface area contributed by atoms with Crippen LogP contribution in [0.3, 0.4) is 0 Å². The highest BCUT2D eigenvalue weighted by Crippen LogP contribution is 2.58. The van der Waals surface area contributed by atoms with Crippen molar-refractivity contribution in [2.24, 2.45) is 0 Å². The molecule has 4 rings (SSSR count). The number of aromatic hydroxyl groups is 2. The fourth-order valence-corrected chi connectivity index (χ4v) is 5.59. The molecule has 0 heterocycles. The van der Waals surface area contributed by atoms with Crippen LogP contribution >= 0.6 is 92.8 Å². The molecule has 14 heteroatoms. The second-order valence-corrected chi connectivity index (χ2v) is 10.6. The van der Waals surface area contributed by atoms with Crippen LogP contribution in [0, 0.1) is 0 Å². The van der Waals surface area contributed by atoms with Crippen LogP contribution < -0.4 is 20.9 Å². The zero-order valence-corrected chi connectivity index (χ0v) is 24.4. The van der Waals surface area contributed by atoms with E-state index in [1.54, 1.807) is 0 Å². The Hall–Kier alpha value is -2.00. The van der Waals surface area contributed by atoms with Crippen LogP contribution in [0.15, 0.2) is 36.4 Å². The summed E-state index contributed by atoms with van der Waals surface area (Å²) in [7, 11) is 0. The average molecular weight is 676 g/mol. The van der Waals surface area contributed by atoms with Gasteiger partial charge in [0, 0.05) is 23.3 Å². The lowest BCUT2D eigenvalue weighted by atomic mass is 10.0. The number of benzene rings is 4. The summed E-state index contributed by atoms with van der Waals surface area (Å²) >= 11 is 52.2. The van der Waals surface area contributed by atoms with Gasteiger partial charge >= 0.3 is 0 Å². The SMILES string of the molecule is Nc1cc(Oc2c(Cl)c(Cl)c(Cl)c(-c3c(Cl)c(Cl)c(Cl)c(Oc4ccc(O)c(N)c4)c3Cl)c2Cl)ccc1O. The van der Waals surface area contributed by atoms with Crippen molar-refractivity contribution in [3.8, 4) is 45.6 Å². The lowest BCUT2D eigenvalue weighted by Gasteiger charge is -2.21. The number of hydrogen-bond acceptors (Lipinski definition) is 6. The van der Waals surface area contributed by atoms with E-state index in [0.29, 0.717) is 0 Å². The van der Waals surface area contributed by atoms with Crippen molar-refractivity contribution in [1.82, 2.24) is 0 Å². The number of halogens is 8. The number of phenols is 2. The van der Waals surface area contributed by atoms with Crippen LogP contribution in [0.4, 0.5) is 11.4 Å². The summed E-state index contributed by atoms with van der Waals surface area (Å²) in [5, 5.41) is 18.4. The minimum absolute atomic E-state index is 0.00752. The van der Waals surface area contributed by atoms with Gasteiger partial charge in [-0.05, 0) is 24.3 Å². The van der Waals surface area contributed by atoms with Gasteiger partial charge in [-0.3, -0.25) is 0 Å². The summed E-state index contributed by atoms with van der Waals surface area (Å²) < 4.78 is 11.7. The van der Waals surface area contributed by atoms with Crippen molar-refractivity contribution in [2.75, 3.05) is 11.5 Å². The fraction of sp³-hybridized carbons (Fsp3) is 0. The van der Waals surface area contributed by atoms with E-state index in [1.165, 1.54) is 36.4 Å². The third kappa shape index (κ3) is 5.25. The van der Waals surface area contributed by atoms with E-state index in [1.807, 2.05) is 0 Å². The molecule has 0 radical (unpaired) electrons. The molecule has 0 bridgehead atoms. The molecule has 198 valence electrons. The number of rotatable bonds is 5. The third-order valence-corrected chi connectivity index (χ3v) is 8.48. The van der Waals surface area contributed by atoms with Crippen molar-refractivity contribution < 1.29 is 19.7 Å². The van der Waals surface area contributed by atoms with Gasteiger partial charge < -0.3 is 31.2 Å². The first-order valence-electron chi connectivity index (χ1n) is 10.1. The minimum atomic E-state index is -0.151. The van der Waals surface area contributed by atoms with Gasteiger partial charge in [0.25, 0.3) is 0 Å². The minimum Gasteiger partial charge on any atom is -0.506 e. The molecule has 0 fully saturated rings. The highest BCUT2D eigenvalue weighted by Gasteiger charge is 2.30. The molecule has 0 unspecified atom stereocenters. The second-order valence-electron chi connectivity index (χ2n) is 7.57. The first-order chi connectivity index (χ1) is 17.8. The van der Waals surface area contributed by atoms with E-state index in [-0.39, 0.29) is 97.2 Å². The van der Waals surface area contributed by atoms with Gasteiger partial charge in [-0.2, -0.15) is 0 Å². The summed E-state index contributed by atoms with van der Waals surface area (Å²) in [6.45, 7) is 0. The molecular formula is C24H12Cl8N2O4. The summed E-state index contributed by atoms with van der Waals surface area (Å²) in [6, 6.07) is 8.18. The maximum absolute atomic E-state index is 9.71. The Balaban J connectivity index is 1.94. The van der Waals surface area contributed by atoms with Crippen LogP contribution in [0.2, 0.25) is 40.2 Å². The van der Waals surface area contributed by atoms with E-state index < -0.39 is 0 Å². The molecule has 0 spiro atoms. The molecule has 0 saturated heterocycles. The summed E-state index contributed by atoms with van der Waals surface area (Å²) in [4.78, 5) is 0. The van der Waals surface area contributed by atoms with E-state index in [9.17, 15) is 10.2 Å². The van der Waals surface area contributed by atoms with Gasteiger partial charge in [0.2, 0.25) is 0 Å². The third-order valence-electron chi connectivity index (χ3n) is 5.13. The van der Waals surface area contributed by atoms with Gasteiger partial charge in [0.15, 0.2) is 11.5 Å². The van der Waals surface area contributed by atoms with Gasteiger partial charge in [-0.15, -0.1) is 0 Å². The highest BCUT2D eigenvalue weighted by atomic mass is 35.5. The second kappa shape index (κ2) is 11.2. The van der Waals surface area contributed by atoms with Gasteiger partial charge in [-0.25, -0.2) is 0 Å². The van der Waals surface area contributed by atoms with E-state index >= 15 is 0 Å². The standard InChI is InChI=1S/C24H12Cl8N2O4/c25-15-13(17(27)23(21(31)19(15)29)37-7-1-3-11(35)9(33)5-7)14-16(26)20(30)22(32)24(18(14)28)38-8-2-4-12(36)10(34)6-8/h1-6,35-36H,33-34H2. The molecule has 6 nitrogen and oxygen atoms in total. The molecule has 6 N–H and O–H groups in total. The smallest absolute Gasteiger partial charge is 0.166 e. The molecule has 0 aliphatic carbocycles. The number of ether oxygens (including phenoxy) is 2. The fourth-order valence-electron chi connectivity index (χ4n) is 3.27. The zero-order valence-electron chi connectivity index (χ0n) is 18.4. The molecule has 0 aromatic heterocycles. The number of phenolic OH excluding ortho intramolecular Hbond substituents is 2. The Bertz CT molecular complexity index is 1500. The van der Waals surface area contributed by atoms with Crippen molar-refractivity contribution >= 4 is 104 Å². The Morgan fingerprint density at radius 1 is 0.474 bits per heavy atom. The summed E-state index contributed by atoms with van der Waals surface area (Å²) in [6.07, 6.45) is 0. The number of nitrogens with two attached hydrogens (primary N) is 2. The monoisotopic (exact) mass is 672 g/mol. The average Bonchev–Trinajstić information content (AvgIpc) is 2.88. The summed E-state index contributed by atoms with van der Waals surface area (Å²) in [5.74, 6) is -0.185. The van der Waals surface area contributed by atoms with Crippen LogP contribution in [-0.4, -0.2) is 10.2 Å². The lowest BCUT2D eigenvalue weighted by Crippen LogP contribution is -1.97. The molecule has 4 aromatic rings. The molecule has 4 aromatic carbocycles. The molecule has 0 amide bonds. The Morgan fingerprint density at radius 2 is 0.816 bits per heavy atom. The predicted octanol–water partition coefficient (Wildman–Crippen LogP) is 10.7. The highest BCUT2D eigenvalue weighted by molar-refractivity contribution is 6.55. The van der Waals surface area contributed by atoms with Crippen molar-refractivity contribution in [1.29, 1.82) is 0 Å². The Kier molecular flexibility index (Phi) is 8.58. The maximum Gasteiger partial charge on any atom is 0.166 e. The van der Waals surface area contributed by atoms with E-state index in [4.69, 9.17) is 114 Å². The maximum atomic E-state index is 9.71. The Morgan fingerprint density at radius 3 is 1.13 bits per heavy atom.